The number of nitrogens with two attached hydrogens (primary N) is 1. The third-order valence-corrected chi connectivity index (χ3v) is 4.75. The summed E-state index contributed by atoms with van der Waals surface area (Å²) in [5.41, 5.74) is 5.30. The number of sulfonamides is 1. The number of piperazine rings is 1. The minimum atomic E-state index is -3.20. The molecule has 1 aromatic rings. The van der Waals surface area contributed by atoms with E-state index in [0.29, 0.717) is 32.1 Å². The van der Waals surface area contributed by atoms with Crippen LogP contribution in [0, 0.1) is 0 Å². The van der Waals surface area contributed by atoms with Crippen LogP contribution >= 0.6 is 12.4 Å². The monoisotopic (exact) mass is 307 g/mol. The zero-order chi connectivity index (χ0) is 13.0. The van der Waals surface area contributed by atoms with Crippen molar-refractivity contribution >= 4 is 28.4 Å². The van der Waals surface area contributed by atoms with Crippen LogP contribution in [0.5, 0.6) is 0 Å². The molecule has 0 radical (unpaired) electrons. The Hall–Kier alpha value is -0.960. The van der Waals surface area contributed by atoms with E-state index < -0.39 is 10.0 Å². The van der Waals surface area contributed by atoms with Gasteiger partial charge in [-0.25, -0.2) is 18.4 Å². The van der Waals surface area contributed by atoms with Crippen LogP contribution in [0.4, 0.5) is 5.95 Å². The molecular weight excluding hydrogens is 290 g/mol. The molecule has 1 aliphatic rings. The lowest BCUT2D eigenvalue weighted by Gasteiger charge is -2.33. The summed E-state index contributed by atoms with van der Waals surface area (Å²) in [6.07, 6.45) is 3.36. The zero-order valence-corrected chi connectivity index (χ0v) is 12.1. The van der Waals surface area contributed by atoms with Crippen LogP contribution in [-0.2, 0) is 10.0 Å². The van der Waals surface area contributed by atoms with Gasteiger partial charge in [0.25, 0.3) is 0 Å². The third kappa shape index (κ3) is 4.00. The topological polar surface area (TPSA) is 92.4 Å². The van der Waals surface area contributed by atoms with E-state index in [1.165, 1.54) is 4.31 Å². The molecule has 0 amide bonds. The standard InChI is InChI=1S/C10H17N5O2S.ClH/c11-2-9-18(16,17)15-7-5-14(6-8-15)10-12-3-1-4-13-10;/h1,3-4H,2,5-9,11H2;1H. The predicted octanol–water partition coefficient (Wildman–Crippen LogP) is -0.691. The zero-order valence-electron chi connectivity index (χ0n) is 10.5. The van der Waals surface area contributed by atoms with Crippen molar-refractivity contribution in [1.82, 2.24) is 14.3 Å². The largest absolute Gasteiger partial charge is 0.338 e. The van der Waals surface area contributed by atoms with E-state index in [9.17, 15) is 8.42 Å². The lowest BCUT2D eigenvalue weighted by molar-refractivity contribution is 0.383. The molecule has 2 heterocycles. The Morgan fingerprint density at radius 1 is 1.16 bits per heavy atom. The average molecular weight is 308 g/mol. The summed E-state index contributed by atoms with van der Waals surface area (Å²) in [7, 11) is -3.20. The second-order valence-electron chi connectivity index (χ2n) is 4.04. The van der Waals surface area contributed by atoms with Crippen molar-refractivity contribution in [2.24, 2.45) is 5.73 Å². The first-order chi connectivity index (χ1) is 8.63. The number of halogens is 1. The van der Waals surface area contributed by atoms with Gasteiger partial charge in [0.1, 0.15) is 0 Å². The van der Waals surface area contributed by atoms with E-state index in [2.05, 4.69) is 9.97 Å². The van der Waals surface area contributed by atoms with E-state index >= 15 is 0 Å². The van der Waals surface area contributed by atoms with E-state index in [0.717, 1.165) is 0 Å². The molecule has 0 saturated carbocycles. The Balaban J connectivity index is 0.00000180. The van der Waals surface area contributed by atoms with E-state index in [1.807, 2.05) is 4.90 Å². The molecule has 0 unspecified atom stereocenters. The maximum absolute atomic E-state index is 11.8. The molecule has 2 rings (SSSR count). The van der Waals surface area contributed by atoms with Crippen molar-refractivity contribution in [3.8, 4) is 0 Å². The fourth-order valence-corrected chi connectivity index (χ4v) is 3.17. The molecule has 0 aliphatic carbocycles. The van der Waals surface area contributed by atoms with Crippen molar-refractivity contribution in [1.29, 1.82) is 0 Å². The lowest BCUT2D eigenvalue weighted by Crippen LogP contribution is -2.50. The minimum absolute atomic E-state index is 0. The molecule has 1 aliphatic heterocycles. The van der Waals surface area contributed by atoms with Gasteiger partial charge in [-0.05, 0) is 6.07 Å². The van der Waals surface area contributed by atoms with E-state index in [4.69, 9.17) is 5.73 Å². The number of anilines is 1. The Bertz CT molecular complexity index is 476. The molecular formula is C10H18ClN5O2S. The Kier molecular flexibility index (Phi) is 5.92. The van der Waals surface area contributed by atoms with Gasteiger partial charge in [-0.3, -0.25) is 0 Å². The number of hydrogen-bond donors (Lipinski definition) is 1. The first-order valence-corrected chi connectivity index (χ1v) is 7.44. The molecule has 0 bridgehead atoms. The lowest BCUT2D eigenvalue weighted by atomic mass is 10.4. The first kappa shape index (κ1) is 16.1. The summed E-state index contributed by atoms with van der Waals surface area (Å²) in [6, 6.07) is 1.76. The Labute approximate surface area is 119 Å². The molecule has 2 N–H and O–H groups in total. The maximum atomic E-state index is 11.8. The predicted molar refractivity (Wildman–Crippen MR) is 75.9 cm³/mol. The highest BCUT2D eigenvalue weighted by molar-refractivity contribution is 7.89. The molecule has 1 saturated heterocycles. The minimum Gasteiger partial charge on any atom is -0.338 e. The third-order valence-electron chi connectivity index (χ3n) is 2.84. The van der Waals surface area contributed by atoms with Gasteiger partial charge in [0.2, 0.25) is 16.0 Å². The normalized spacial score (nSPS) is 17.0. The summed E-state index contributed by atoms with van der Waals surface area (Å²) in [6.45, 7) is 2.28. The van der Waals surface area contributed by atoms with Crippen LogP contribution in [0.3, 0.4) is 0 Å². The highest BCUT2D eigenvalue weighted by Gasteiger charge is 2.26. The van der Waals surface area contributed by atoms with E-state index in [-0.39, 0.29) is 24.7 Å². The van der Waals surface area contributed by atoms with Crippen molar-refractivity contribution in [2.45, 2.75) is 0 Å². The van der Waals surface area contributed by atoms with Crippen molar-refractivity contribution < 1.29 is 8.42 Å². The number of nitrogens with zero attached hydrogens (tertiary/aromatic N) is 4. The van der Waals surface area contributed by atoms with Gasteiger partial charge in [-0.15, -0.1) is 12.4 Å². The van der Waals surface area contributed by atoms with Gasteiger partial charge >= 0.3 is 0 Å². The van der Waals surface area contributed by atoms with E-state index in [1.54, 1.807) is 18.5 Å². The molecule has 19 heavy (non-hydrogen) atoms. The van der Waals surface area contributed by atoms with Gasteiger partial charge in [0.15, 0.2) is 0 Å². The molecule has 1 aromatic heterocycles. The fourth-order valence-electron chi connectivity index (χ4n) is 1.90. The molecule has 108 valence electrons. The van der Waals surface area contributed by atoms with Gasteiger partial charge in [-0.1, -0.05) is 0 Å². The van der Waals surface area contributed by atoms with Crippen LogP contribution in [0.25, 0.3) is 0 Å². The molecule has 1 fully saturated rings. The van der Waals surface area contributed by atoms with Gasteiger partial charge in [0.05, 0.1) is 5.75 Å². The number of aromatic nitrogens is 2. The summed E-state index contributed by atoms with van der Waals surface area (Å²) >= 11 is 0. The quantitative estimate of drug-likeness (QED) is 0.791. The highest BCUT2D eigenvalue weighted by Crippen LogP contribution is 2.12. The van der Waals surface area contributed by atoms with Gasteiger partial charge < -0.3 is 10.6 Å². The fraction of sp³-hybridized carbons (Fsp3) is 0.600. The molecule has 0 aromatic carbocycles. The molecule has 9 heteroatoms. The molecule has 7 nitrogen and oxygen atoms in total. The Morgan fingerprint density at radius 3 is 2.26 bits per heavy atom. The highest BCUT2D eigenvalue weighted by atomic mass is 35.5. The maximum Gasteiger partial charge on any atom is 0.225 e. The van der Waals surface area contributed by atoms with Crippen LogP contribution in [0.2, 0.25) is 0 Å². The Morgan fingerprint density at radius 2 is 1.74 bits per heavy atom. The number of hydrogen-bond acceptors (Lipinski definition) is 6. The van der Waals surface area contributed by atoms with Crippen LogP contribution in [0.15, 0.2) is 18.5 Å². The second-order valence-corrected chi connectivity index (χ2v) is 6.13. The average Bonchev–Trinajstić information content (AvgIpc) is 2.40. The van der Waals surface area contributed by atoms with Crippen molar-refractivity contribution in [3.63, 3.8) is 0 Å². The summed E-state index contributed by atoms with van der Waals surface area (Å²) in [5, 5.41) is 0. The SMILES string of the molecule is Cl.NCCS(=O)(=O)N1CCN(c2ncccn2)CC1. The summed E-state index contributed by atoms with van der Waals surface area (Å²) < 4.78 is 25.1. The molecule has 0 spiro atoms. The smallest absolute Gasteiger partial charge is 0.225 e. The summed E-state index contributed by atoms with van der Waals surface area (Å²) in [4.78, 5) is 10.3. The van der Waals surface area contributed by atoms with Gasteiger partial charge in [-0.2, -0.15) is 4.31 Å². The second kappa shape index (κ2) is 6.99. The molecule has 0 atom stereocenters. The van der Waals surface area contributed by atoms with Gasteiger partial charge in [0, 0.05) is 45.1 Å². The van der Waals surface area contributed by atoms with Crippen LogP contribution in [0.1, 0.15) is 0 Å². The van der Waals surface area contributed by atoms with Crippen LogP contribution < -0.4 is 10.6 Å². The van der Waals surface area contributed by atoms with Crippen LogP contribution in [-0.4, -0.2) is 61.2 Å². The van der Waals surface area contributed by atoms with Crippen molar-refractivity contribution in [2.75, 3.05) is 43.4 Å². The van der Waals surface area contributed by atoms with Crippen molar-refractivity contribution in [3.05, 3.63) is 18.5 Å². The first-order valence-electron chi connectivity index (χ1n) is 5.83. The number of rotatable bonds is 4. The summed E-state index contributed by atoms with van der Waals surface area (Å²) in [5.74, 6) is 0.655.